The van der Waals surface area contributed by atoms with Crippen molar-refractivity contribution in [1.29, 1.82) is 5.41 Å². The molecule has 0 spiro atoms. The zero-order valence-electron chi connectivity index (χ0n) is 12.6. The summed E-state index contributed by atoms with van der Waals surface area (Å²) >= 11 is 0. The summed E-state index contributed by atoms with van der Waals surface area (Å²) in [6.45, 7) is 4.78. The molecule has 1 aromatic heterocycles. The lowest BCUT2D eigenvalue weighted by molar-refractivity contribution is 0.388. The number of aliphatic imine (C=N–C) groups is 1. The number of rotatable bonds is 5. The molecule has 0 amide bonds. The third-order valence-electron chi connectivity index (χ3n) is 2.92. The molecule has 0 fully saturated rings. The number of hydrogen-bond donors (Lipinski definition) is 1. The van der Waals surface area contributed by atoms with E-state index in [1.54, 1.807) is 0 Å². The van der Waals surface area contributed by atoms with E-state index in [0.29, 0.717) is 6.54 Å². The van der Waals surface area contributed by atoms with Gasteiger partial charge in [-0.2, -0.15) is 0 Å². The van der Waals surface area contributed by atoms with Crippen LogP contribution in [0.1, 0.15) is 13.3 Å². The second kappa shape index (κ2) is 9.08. The fourth-order valence-electron chi connectivity index (χ4n) is 1.97. The van der Waals surface area contributed by atoms with Crippen molar-refractivity contribution in [3.05, 3.63) is 36.5 Å². The summed E-state index contributed by atoms with van der Waals surface area (Å²) in [4.78, 5) is 5.62. The average Bonchev–Trinajstić information content (AvgIpc) is 2.84. The number of para-hydroxylation sites is 1. The summed E-state index contributed by atoms with van der Waals surface area (Å²) in [7, 11) is 4.24. The van der Waals surface area contributed by atoms with Crippen molar-refractivity contribution in [2.45, 2.75) is 19.9 Å². The minimum Gasteiger partial charge on any atom is -0.347 e. The van der Waals surface area contributed by atoms with Gasteiger partial charge in [0.1, 0.15) is 0 Å². The molecule has 0 radical (unpaired) electrons. The lowest BCUT2D eigenvalue weighted by Crippen LogP contribution is -2.14. The van der Waals surface area contributed by atoms with E-state index in [1.807, 2.05) is 12.9 Å². The maximum Gasteiger partial charge on any atom is 0.0861 e. The first-order valence-electron chi connectivity index (χ1n) is 6.95. The van der Waals surface area contributed by atoms with E-state index in [4.69, 9.17) is 5.41 Å². The van der Waals surface area contributed by atoms with Crippen LogP contribution in [0.15, 0.2) is 41.5 Å². The van der Waals surface area contributed by atoms with E-state index in [1.165, 1.54) is 17.3 Å². The van der Waals surface area contributed by atoms with Crippen LogP contribution in [-0.4, -0.2) is 42.7 Å². The molecule has 1 heterocycles. The minimum absolute atomic E-state index is 0.670. The zero-order valence-corrected chi connectivity index (χ0v) is 12.6. The van der Waals surface area contributed by atoms with Crippen LogP contribution in [0.4, 0.5) is 0 Å². The average molecular weight is 272 g/mol. The first-order chi connectivity index (χ1) is 9.69. The Bertz CT molecular complexity index is 550. The van der Waals surface area contributed by atoms with Gasteiger partial charge in [0, 0.05) is 24.8 Å². The summed E-state index contributed by atoms with van der Waals surface area (Å²) in [5, 5.41) is 7.52. The Labute approximate surface area is 121 Å². The fraction of sp³-hybridized carbons (Fsp3) is 0.438. The fourth-order valence-corrected chi connectivity index (χ4v) is 1.97. The molecule has 0 unspecified atom stereocenters. The maximum atomic E-state index is 6.19. The molecule has 4 nitrogen and oxygen atoms in total. The number of hydrogen-bond acceptors (Lipinski definition) is 3. The second-order valence-corrected chi connectivity index (χ2v) is 4.81. The molecule has 2 aromatic rings. The third-order valence-corrected chi connectivity index (χ3v) is 2.92. The van der Waals surface area contributed by atoms with Gasteiger partial charge in [-0.05, 0) is 51.5 Å². The molecule has 20 heavy (non-hydrogen) atoms. The molecule has 0 aliphatic rings. The number of aryl methyl sites for hydroxylation is 1. The normalized spacial score (nSPS) is 10.0. The van der Waals surface area contributed by atoms with Gasteiger partial charge in [0.2, 0.25) is 0 Å². The summed E-state index contributed by atoms with van der Waals surface area (Å²) in [6, 6.07) is 12.6. The van der Waals surface area contributed by atoms with Crippen molar-refractivity contribution in [3.8, 4) is 0 Å². The maximum absolute atomic E-state index is 6.19. The van der Waals surface area contributed by atoms with Crippen LogP contribution in [0.3, 0.4) is 0 Å². The standard InChI is InChI=1S/C13H18N2.C3H6N2/c1-14(2)9-5-10-15-11-8-12-6-3-4-7-13(12)15;1-2-5-3-4/h3-4,6-8,11H,5,9-10H2,1-2H3;4H,2H2,1H3. The highest BCUT2D eigenvalue weighted by molar-refractivity contribution is 5.79. The number of nitrogens with one attached hydrogen (secondary N) is 1. The number of benzene rings is 1. The Hall–Kier alpha value is -1.90. The van der Waals surface area contributed by atoms with Crippen molar-refractivity contribution in [1.82, 2.24) is 9.47 Å². The van der Waals surface area contributed by atoms with Crippen LogP contribution in [0.5, 0.6) is 0 Å². The predicted molar refractivity (Wildman–Crippen MR) is 85.8 cm³/mol. The molecule has 2 rings (SSSR count). The van der Waals surface area contributed by atoms with Crippen LogP contribution in [0.2, 0.25) is 0 Å². The quantitative estimate of drug-likeness (QED) is 0.833. The summed E-state index contributed by atoms with van der Waals surface area (Å²) in [6.07, 6.45) is 3.38. The van der Waals surface area contributed by atoms with Crippen molar-refractivity contribution in [2.75, 3.05) is 27.2 Å². The molecule has 1 aromatic carbocycles. The Balaban J connectivity index is 0.000000347. The summed E-state index contributed by atoms with van der Waals surface area (Å²) in [5.74, 6) is 0. The van der Waals surface area contributed by atoms with Gasteiger partial charge in [-0.15, -0.1) is 0 Å². The summed E-state index contributed by atoms with van der Waals surface area (Å²) < 4.78 is 2.33. The molecule has 0 bridgehead atoms. The SMILES string of the molecule is CCN=C=N.CN(C)CCCn1ccc2ccccc21. The van der Waals surface area contributed by atoms with E-state index in [-0.39, 0.29) is 0 Å². The van der Waals surface area contributed by atoms with Gasteiger partial charge in [-0.3, -0.25) is 0 Å². The highest BCUT2D eigenvalue weighted by atomic mass is 15.1. The van der Waals surface area contributed by atoms with Crippen molar-refractivity contribution in [3.63, 3.8) is 0 Å². The van der Waals surface area contributed by atoms with E-state index < -0.39 is 0 Å². The van der Waals surface area contributed by atoms with Gasteiger partial charge in [0.15, 0.2) is 0 Å². The van der Waals surface area contributed by atoms with E-state index in [0.717, 1.165) is 13.1 Å². The Morgan fingerprint density at radius 1 is 1.25 bits per heavy atom. The highest BCUT2D eigenvalue weighted by Crippen LogP contribution is 2.15. The highest BCUT2D eigenvalue weighted by Gasteiger charge is 1.99. The van der Waals surface area contributed by atoms with E-state index in [2.05, 4.69) is 65.1 Å². The molecular formula is C16H24N4. The van der Waals surface area contributed by atoms with Gasteiger partial charge in [-0.25, -0.2) is 10.4 Å². The molecule has 0 saturated carbocycles. The van der Waals surface area contributed by atoms with Crippen LogP contribution in [0, 0.1) is 5.41 Å². The van der Waals surface area contributed by atoms with Crippen LogP contribution in [0.25, 0.3) is 10.9 Å². The smallest absolute Gasteiger partial charge is 0.0861 e. The van der Waals surface area contributed by atoms with Gasteiger partial charge in [0.05, 0.1) is 6.01 Å². The zero-order chi connectivity index (χ0) is 14.8. The number of nitrogens with zero attached hydrogens (tertiary/aromatic N) is 3. The molecule has 4 heteroatoms. The predicted octanol–water partition coefficient (Wildman–Crippen LogP) is 3.35. The first kappa shape index (κ1) is 16.2. The van der Waals surface area contributed by atoms with Crippen LogP contribution < -0.4 is 0 Å². The Morgan fingerprint density at radius 3 is 2.60 bits per heavy atom. The lowest BCUT2D eigenvalue weighted by atomic mass is 10.2. The van der Waals surface area contributed by atoms with Gasteiger partial charge in [-0.1, -0.05) is 18.2 Å². The molecule has 0 aliphatic heterocycles. The second-order valence-electron chi connectivity index (χ2n) is 4.81. The van der Waals surface area contributed by atoms with Crippen molar-refractivity contribution in [2.24, 2.45) is 4.99 Å². The van der Waals surface area contributed by atoms with Crippen molar-refractivity contribution >= 4 is 16.9 Å². The lowest BCUT2D eigenvalue weighted by Gasteiger charge is -2.10. The molecule has 0 aliphatic carbocycles. The third kappa shape index (κ3) is 5.39. The van der Waals surface area contributed by atoms with Crippen LogP contribution in [-0.2, 0) is 6.54 Å². The number of fused-ring (bicyclic) bond motifs is 1. The molecular weight excluding hydrogens is 248 g/mol. The van der Waals surface area contributed by atoms with E-state index >= 15 is 0 Å². The van der Waals surface area contributed by atoms with Crippen molar-refractivity contribution < 1.29 is 0 Å². The topological polar surface area (TPSA) is 44.4 Å². The molecule has 0 atom stereocenters. The largest absolute Gasteiger partial charge is 0.347 e. The monoisotopic (exact) mass is 272 g/mol. The molecule has 0 saturated heterocycles. The van der Waals surface area contributed by atoms with E-state index in [9.17, 15) is 0 Å². The van der Waals surface area contributed by atoms with Gasteiger partial charge >= 0.3 is 0 Å². The minimum atomic E-state index is 0.670. The Kier molecular flexibility index (Phi) is 7.33. The van der Waals surface area contributed by atoms with Gasteiger partial charge in [0.25, 0.3) is 0 Å². The van der Waals surface area contributed by atoms with Gasteiger partial charge < -0.3 is 9.47 Å². The molecule has 108 valence electrons. The summed E-state index contributed by atoms with van der Waals surface area (Å²) in [5.41, 5.74) is 1.34. The number of aromatic nitrogens is 1. The first-order valence-corrected chi connectivity index (χ1v) is 6.95. The molecule has 1 N–H and O–H groups in total. The van der Waals surface area contributed by atoms with Crippen LogP contribution >= 0.6 is 0 Å². The Morgan fingerprint density at radius 2 is 2.00 bits per heavy atom.